The lowest BCUT2D eigenvalue weighted by molar-refractivity contribution is -0.145. The highest BCUT2D eigenvalue weighted by molar-refractivity contribution is 8.14. The lowest BCUT2D eigenvalue weighted by atomic mass is 10.2. The highest BCUT2D eigenvalue weighted by Gasteiger charge is 2.38. The number of nitrogens with one attached hydrogen (secondary N) is 2. The number of rotatable bonds is 5. The van der Waals surface area contributed by atoms with Crippen LogP contribution in [0, 0.1) is 0 Å². The maximum Gasteiger partial charge on any atom is 0.330 e. The fraction of sp³-hybridized carbons (Fsp3) is 0.375. The number of benzene rings is 1. The average Bonchev–Trinajstić information content (AvgIpc) is 3.16. The van der Waals surface area contributed by atoms with Crippen molar-refractivity contribution < 1.29 is 19.1 Å². The van der Waals surface area contributed by atoms with Crippen LogP contribution in [0.5, 0.6) is 0 Å². The fourth-order valence-electron chi connectivity index (χ4n) is 2.62. The third-order valence-corrected chi connectivity index (χ3v) is 4.85. The van der Waals surface area contributed by atoms with Crippen LogP contribution in [0.4, 0.5) is 10.5 Å². The summed E-state index contributed by atoms with van der Waals surface area (Å²) < 4.78 is 4.99. The Morgan fingerprint density at radius 2 is 2.08 bits per heavy atom. The number of carbonyl (C=O) groups is 3. The van der Waals surface area contributed by atoms with E-state index in [4.69, 9.17) is 4.74 Å². The van der Waals surface area contributed by atoms with E-state index in [1.54, 1.807) is 6.92 Å². The number of carbonyl (C=O) groups excluding carboxylic acids is 3. The first-order chi connectivity index (χ1) is 12.1. The summed E-state index contributed by atoms with van der Waals surface area (Å²) in [5, 5.41) is 5.82. The van der Waals surface area contributed by atoms with Gasteiger partial charge in [-0.2, -0.15) is 4.99 Å². The molecule has 3 amide bonds. The zero-order valence-electron chi connectivity index (χ0n) is 13.6. The molecule has 0 radical (unpaired) electrons. The Balaban J connectivity index is 1.67. The molecule has 2 aliphatic heterocycles. The van der Waals surface area contributed by atoms with Gasteiger partial charge < -0.3 is 20.3 Å². The molecule has 0 aliphatic carbocycles. The van der Waals surface area contributed by atoms with Crippen molar-refractivity contribution >= 4 is 40.5 Å². The van der Waals surface area contributed by atoms with Crippen LogP contribution in [0.3, 0.4) is 0 Å². The largest absolute Gasteiger partial charge is 0.464 e. The molecule has 0 spiro atoms. The number of nitrogens with zero attached hydrogens (tertiary/aromatic N) is 2. The summed E-state index contributed by atoms with van der Waals surface area (Å²) >= 11 is 1.32. The van der Waals surface area contributed by atoms with Gasteiger partial charge >= 0.3 is 12.0 Å². The second-order valence-corrected chi connectivity index (χ2v) is 6.46. The Labute approximate surface area is 149 Å². The van der Waals surface area contributed by atoms with E-state index in [1.807, 2.05) is 35.2 Å². The zero-order valence-corrected chi connectivity index (χ0v) is 14.4. The van der Waals surface area contributed by atoms with E-state index in [0.29, 0.717) is 10.9 Å². The molecule has 0 bridgehead atoms. The summed E-state index contributed by atoms with van der Waals surface area (Å²) in [6.45, 7) is 2.14. The molecule has 2 unspecified atom stereocenters. The molecule has 132 valence electrons. The van der Waals surface area contributed by atoms with Crippen LogP contribution in [-0.2, 0) is 14.3 Å². The Morgan fingerprint density at radius 3 is 2.80 bits per heavy atom. The first-order valence-electron chi connectivity index (χ1n) is 7.89. The number of para-hydroxylation sites is 1. The smallest absolute Gasteiger partial charge is 0.330 e. The second-order valence-electron chi connectivity index (χ2n) is 5.47. The van der Waals surface area contributed by atoms with E-state index in [2.05, 4.69) is 15.6 Å². The topological polar surface area (TPSA) is 100 Å². The van der Waals surface area contributed by atoms with Gasteiger partial charge in [0, 0.05) is 11.4 Å². The maximum absolute atomic E-state index is 12.0. The van der Waals surface area contributed by atoms with Crippen LogP contribution in [0.25, 0.3) is 0 Å². The molecule has 2 N–H and O–H groups in total. The number of hydrogen-bond donors (Lipinski definition) is 2. The van der Waals surface area contributed by atoms with Crippen LogP contribution in [0.2, 0.25) is 0 Å². The van der Waals surface area contributed by atoms with Crippen molar-refractivity contribution in [1.82, 2.24) is 10.6 Å². The standard InChI is InChI=1S/C16H18N4O4S/c1-2-24-14(22)13-11(17-15(23)19-13)9-25-16-18-12(21)8-20(16)10-6-4-3-5-7-10/h3-7,11,13H,2,8-9H2,1H3,(H2,17,19,23). The van der Waals surface area contributed by atoms with Crippen molar-refractivity contribution in [3.05, 3.63) is 30.3 Å². The molecule has 2 atom stereocenters. The van der Waals surface area contributed by atoms with Gasteiger partial charge in [-0.05, 0) is 19.1 Å². The number of ether oxygens (including phenoxy) is 1. The number of esters is 1. The van der Waals surface area contributed by atoms with Gasteiger partial charge in [0.2, 0.25) is 0 Å². The second kappa shape index (κ2) is 7.56. The van der Waals surface area contributed by atoms with Crippen LogP contribution in [0.1, 0.15) is 6.92 Å². The number of amides is 3. The van der Waals surface area contributed by atoms with Gasteiger partial charge in [-0.25, -0.2) is 9.59 Å². The first-order valence-corrected chi connectivity index (χ1v) is 8.87. The minimum Gasteiger partial charge on any atom is -0.464 e. The summed E-state index contributed by atoms with van der Waals surface area (Å²) in [5.41, 5.74) is 0.870. The molecule has 25 heavy (non-hydrogen) atoms. The molecule has 0 saturated carbocycles. The normalized spacial score (nSPS) is 22.4. The molecule has 8 nitrogen and oxygen atoms in total. The minimum absolute atomic E-state index is 0.183. The zero-order chi connectivity index (χ0) is 17.8. The van der Waals surface area contributed by atoms with Crippen molar-refractivity contribution in [2.24, 2.45) is 4.99 Å². The average molecular weight is 362 g/mol. The molecular weight excluding hydrogens is 344 g/mol. The van der Waals surface area contributed by atoms with Crippen LogP contribution in [-0.4, -0.2) is 54.1 Å². The van der Waals surface area contributed by atoms with Gasteiger partial charge in [0.05, 0.1) is 12.6 Å². The molecular formula is C16H18N4O4S. The maximum atomic E-state index is 12.0. The summed E-state index contributed by atoms with van der Waals surface area (Å²) in [6.07, 6.45) is 0. The molecule has 1 aromatic carbocycles. The van der Waals surface area contributed by atoms with E-state index < -0.39 is 24.1 Å². The van der Waals surface area contributed by atoms with Crippen molar-refractivity contribution in [2.75, 3.05) is 23.8 Å². The van der Waals surface area contributed by atoms with Crippen molar-refractivity contribution in [2.45, 2.75) is 19.0 Å². The summed E-state index contributed by atoms with van der Waals surface area (Å²) in [6, 6.07) is 7.87. The van der Waals surface area contributed by atoms with Crippen molar-refractivity contribution in [1.29, 1.82) is 0 Å². The van der Waals surface area contributed by atoms with Crippen LogP contribution >= 0.6 is 11.8 Å². The quantitative estimate of drug-likeness (QED) is 0.750. The number of hydrogen-bond acceptors (Lipinski definition) is 6. The number of aliphatic imine (C=N–C) groups is 1. The minimum atomic E-state index is -0.747. The Bertz CT molecular complexity index is 709. The number of thioether (sulfide) groups is 1. The van der Waals surface area contributed by atoms with Crippen LogP contribution in [0.15, 0.2) is 35.3 Å². The van der Waals surface area contributed by atoms with Crippen LogP contribution < -0.4 is 15.5 Å². The van der Waals surface area contributed by atoms with Crippen molar-refractivity contribution in [3.8, 4) is 0 Å². The lowest BCUT2D eigenvalue weighted by Gasteiger charge is -2.21. The van der Waals surface area contributed by atoms with Gasteiger partial charge in [0.25, 0.3) is 5.91 Å². The number of anilines is 1. The SMILES string of the molecule is CCOC(=O)C1NC(=O)NC1CSC1=NC(=O)CN1c1ccccc1. The first kappa shape index (κ1) is 17.3. The summed E-state index contributed by atoms with van der Waals surface area (Å²) in [5.74, 6) is -0.310. The summed E-state index contributed by atoms with van der Waals surface area (Å²) in [7, 11) is 0. The van der Waals surface area contributed by atoms with Gasteiger partial charge in [0.15, 0.2) is 5.17 Å². The molecule has 1 saturated heterocycles. The third-order valence-electron chi connectivity index (χ3n) is 3.75. The predicted octanol–water partition coefficient (Wildman–Crippen LogP) is 0.735. The number of urea groups is 1. The van der Waals surface area contributed by atoms with E-state index >= 15 is 0 Å². The summed E-state index contributed by atoms with van der Waals surface area (Å²) in [4.78, 5) is 41.1. The fourth-order valence-corrected chi connectivity index (χ4v) is 3.71. The monoisotopic (exact) mass is 362 g/mol. The Hall–Kier alpha value is -2.55. The molecule has 0 aromatic heterocycles. The van der Waals surface area contributed by atoms with Gasteiger partial charge in [0.1, 0.15) is 12.6 Å². The highest BCUT2D eigenvalue weighted by atomic mass is 32.2. The molecule has 3 rings (SSSR count). The molecule has 2 heterocycles. The Kier molecular flexibility index (Phi) is 5.22. The molecule has 1 aromatic rings. The lowest BCUT2D eigenvalue weighted by Crippen LogP contribution is -2.43. The number of amidine groups is 1. The van der Waals surface area contributed by atoms with E-state index in [-0.39, 0.29) is 19.1 Å². The van der Waals surface area contributed by atoms with Crippen molar-refractivity contribution in [3.63, 3.8) is 0 Å². The van der Waals surface area contributed by atoms with E-state index in [1.165, 1.54) is 11.8 Å². The molecule has 2 aliphatic rings. The molecule has 9 heteroatoms. The van der Waals surface area contributed by atoms with Gasteiger partial charge in [-0.3, -0.25) is 4.79 Å². The predicted molar refractivity (Wildman–Crippen MR) is 94.6 cm³/mol. The highest BCUT2D eigenvalue weighted by Crippen LogP contribution is 2.24. The van der Waals surface area contributed by atoms with E-state index in [9.17, 15) is 14.4 Å². The Morgan fingerprint density at radius 1 is 1.32 bits per heavy atom. The van der Waals surface area contributed by atoms with Gasteiger partial charge in [-0.15, -0.1) is 0 Å². The third kappa shape index (κ3) is 3.93. The van der Waals surface area contributed by atoms with E-state index in [0.717, 1.165) is 5.69 Å². The molecule has 1 fully saturated rings. The van der Waals surface area contributed by atoms with Gasteiger partial charge in [-0.1, -0.05) is 30.0 Å².